The van der Waals surface area contributed by atoms with Gasteiger partial charge in [0, 0.05) is 23.9 Å². The van der Waals surface area contributed by atoms with E-state index >= 15 is 0 Å². The van der Waals surface area contributed by atoms with E-state index in [1.54, 1.807) is 11.9 Å². The van der Waals surface area contributed by atoms with E-state index in [1.807, 2.05) is 36.1 Å². The summed E-state index contributed by atoms with van der Waals surface area (Å²) in [4.78, 5) is 0. The van der Waals surface area contributed by atoms with E-state index in [2.05, 4.69) is 14.9 Å². The van der Waals surface area contributed by atoms with Gasteiger partial charge in [0.1, 0.15) is 0 Å². The molecule has 2 aromatic heterocycles. The Morgan fingerprint density at radius 2 is 1.89 bits per heavy atom. The molecule has 0 spiro atoms. The zero-order chi connectivity index (χ0) is 19.0. The third-order valence-corrected chi connectivity index (χ3v) is 6.19. The SMILES string of the molecule is Cn1ncc2cccc(NSC3CCC(n4cc(C(F)(F)F)cn4)CC3)c21. The van der Waals surface area contributed by atoms with Gasteiger partial charge in [0.05, 0.1) is 35.2 Å². The molecule has 144 valence electrons. The lowest BCUT2D eigenvalue weighted by Crippen LogP contribution is -2.21. The molecule has 3 aromatic rings. The number of benzene rings is 1. The van der Waals surface area contributed by atoms with Gasteiger partial charge >= 0.3 is 6.18 Å². The first-order valence-electron chi connectivity index (χ1n) is 8.85. The number of hydrogen-bond acceptors (Lipinski definition) is 4. The van der Waals surface area contributed by atoms with E-state index in [-0.39, 0.29) is 6.04 Å². The van der Waals surface area contributed by atoms with Gasteiger partial charge in [-0.2, -0.15) is 23.4 Å². The molecule has 4 rings (SSSR count). The second kappa shape index (κ2) is 7.10. The summed E-state index contributed by atoms with van der Waals surface area (Å²) in [7, 11) is 1.92. The molecule has 1 aliphatic rings. The highest BCUT2D eigenvalue weighted by Gasteiger charge is 2.33. The average molecular weight is 395 g/mol. The first-order valence-corrected chi connectivity index (χ1v) is 9.73. The van der Waals surface area contributed by atoms with Crippen molar-refractivity contribution in [3.05, 3.63) is 42.4 Å². The highest BCUT2D eigenvalue weighted by Crippen LogP contribution is 2.37. The summed E-state index contributed by atoms with van der Waals surface area (Å²) in [5, 5.41) is 9.73. The number of alkyl halides is 3. The van der Waals surface area contributed by atoms with Gasteiger partial charge in [-0.3, -0.25) is 9.36 Å². The minimum absolute atomic E-state index is 0.0402. The summed E-state index contributed by atoms with van der Waals surface area (Å²) in [6.07, 6.45) is 3.08. The predicted molar refractivity (Wildman–Crippen MR) is 100 cm³/mol. The summed E-state index contributed by atoms with van der Waals surface area (Å²) >= 11 is 1.68. The Bertz CT molecular complexity index is 925. The fraction of sp³-hybridized carbons (Fsp3) is 0.444. The van der Waals surface area contributed by atoms with E-state index in [4.69, 9.17) is 0 Å². The average Bonchev–Trinajstić information content (AvgIpc) is 3.28. The molecule has 0 unspecified atom stereocenters. The molecule has 1 fully saturated rings. The van der Waals surface area contributed by atoms with Gasteiger partial charge in [-0.15, -0.1) is 0 Å². The molecular weight excluding hydrogens is 375 g/mol. The van der Waals surface area contributed by atoms with Crippen molar-refractivity contribution in [3.63, 3.8) is 0 Å². The normalized spacial score (nSPS) is 20.9. The van der Waals surface area contributed by atoms with Gasteiger partial charge in [0.15, 0.2) is 0 Å². The number of anilines is 1. The molecule has 0 aliphatic heterocycles. The van der Waals surface area contributed by atoms with Crippen LogP contribution in [0.2, 0.25) is 0 Å². The molecule has 2 heterocycles. The molecule has 0 amide bonds. The van der Waals surface area contributed by atoms with Crippen molar-refractivity contribution >= 4 is 28.5 Å². The number of rotatable bonds is 4. The van der Waals surface area contributed by atoms with Crippen LogP contribution in [0, 0.1) is 0 Å². The van der Waals surface area contributed by atoms with Crippen LogP contribution in [0.4, 0.5) is 18.9 Å². The number of aryl methyl sites for hydroxylation is 1. The van der Waals surface area contributed by atoms with Crippen LogP contribution in [0.25, 0.3) is 10.9 Å². The first kappa shape index (κ1) is 18.2. The highest BCUT2D eigenvalue weighted by atomic mass is 32.2. The van der Waals surface area contributed by atoms with E-state index in [0.29, 0.717) is 5.25 Å². The van der Waals surface area contributed by atoms with Crippen LogP contribution < -0.4 is 4.72 Å². The predicted octanol–water partition coefficient (Wildman–Crippen LogP) is 5.03. The van der Waals surface area contributed by atoms with Gasteiger partial charge < -0.3 is 4.72 Å². The quantitative estimate of drug-likeness (QED) is 0.629. The van der Waals surface area contributed by atoms with Gasteiger partial charge in [-0.05, 0) is 43.7 Å². The second-order valence-electron chi connectivity index (χ2n) is 6.87. The Balaban J connectivity index is 1.34. The topological polar surface area (TPSA) is 47.7 Å². The first-order chi connectivity index (χ1) is 12.9. The van der Waals surface area contributed by atoms with Crippen LogP contribution in [0.3, 0.4) is 0 Å². The van der Waals surface area contributed by atoms with Crippen molar-refractivity contribution in [2.75, 3.05) is 4.72 Å². The minimum Gasteiger partial charge on any atom is -0.328 e. The second-order valence-corrected chi connectivity index (χ2v) is 7.98. The molecule has 1 saturated carbocycles. The fourth-order valence-electron chi connectivity index (χ4n) is 3.57. The van der Waals surface area contributed by atoms with Crippen molar-refractivity contribution < 1.29 is 13.2 Å². The van der Waals surface area contributed by atoms with E-state index in [1.165, 1.54) is 4.68 Å². The van der Waals surface area contributed by atoms with Gasteiger partial charge in [-0.1, -0.05) is 12.1 Å². The highest BCUT2D eigenvalue weighted by molar-refractivity contribution is 8.01. The standard InChI is InChI=1S/C18H20F3N5S/c1-25-17-12(9-22-25)3-2-4-16(17)24-27-15-7-5-14(6-8-15)26-11-13(10-23-26)18(19,20)21/h2-4,9-11,14-15,24H,5-8H2,1H3. The fourth-order valence-corrected chi connectivity index (χ4v) is 4.54. The van der Waals surface area contributed by atoms with Gasteiger partial charge in [0.2, 0.25) is 0 Å². The Morgan fingerprint density at radius 3 is 2.59 bits per heavy atom. The molecule has 0 atom stereocenters. The maximum absolute atomic E-state index is 12.7. The van der Waals surface area contributed by atoms with Crippen molar-refractivity contribution in [2.24, 2.45) is 7.05 Å². The molecule has 9 heteroatoms. The minimum atomic E-state index is -4.33. The third kappa shape index (κ3) is 3.78. The smallest absolute Gasteiger partial charge is 0.328 e. The van der Waals surface area contributed by atoms with Crippen LogP contribution >= 0.6 is 11.9 Å². The van der Waals surface area contributed by atoms with Crippen LogP contribution in [0.1, 0.15) is 37.3 Å². The third-order valence-electron chi connectivity index (χ3n) is 5.04. The Labute approximate surface area is 159 Å². The molecule has 1 aromatic carbocycles. The molecule has 0 saturated heterocycles. The summed E-state index contributed by atoms with van der Waals surface area (Å²) in [5.74, 6) is 0. The summed E-state index contributed by atoms with van der Waals surface area (Å²) in [6.45, 7) is 0. The summed E-state index contributed by atoms with van der Waals surface area (Å²) in [5.41, 5.74) is 1.42. The summed E-state index contributed by atoms with van der Waals surface area (Å²) in [6, 6.07) is 6.10. The molecule has 27 heavy (non-hydrogen) atoms. The molecule has 0 radical (unpaired) electrons. The monoisotopic (exact) mass is 395 g/mol. The molecular formula is C18H20F3N5S. The van der Waals surface area contributed by atoms with Crippen LogP contribution in [0.15, 0.2) is 36.8 Å². The van der Waals surface area contributed by atoms with Gasteiger partial charge in [-0.25, -0.2) is 0 Å². The number of nitrogens with zero attached hydrogens (tertiary/aromatic N) is 4. The zero-order valence-corrected chi connectivity index (χ0v) is 15.6. The lowest BCUT2D eigenvalue weighted by molar-refractivity contribution is -0.137. The van der Waals surface area contributed by atoms with E-state index in [9.17, 15) is 13.2 Å². The van der Waals surface area contributed by atoms with Crippen LogP contribution in [-0.4, -0.2) is 24.8 Å². The maximum Gasteiger partial charge on any atom is 0.419 e. The van der Waals surface area contributed by atoms with Crippen molar-refractivity contribution in [2.45, 2.75) is 43.2 Å². The molecule has 0 bridgehead atoms. The largest absolute Gasteiger partial charge is 0.419 e. The lowest BCUT2D eigenvalue weighted by atomic mass is 9.95. The maximum atomic E-state index is 12.7. The Kier molecular flexibility index (Phi) is 4.79. The molecule has 1 aliphatic carbocycles. The number of nitrogens with one attached hydrogen (secondary N) is 1. The summed E-state index contributed by atoms with van der Waals surface area (Å²) < 4.78 is 45.0. The van der Waals surface area contributed by atoms with E-state index < -0.39 is 11.7 Å². The number of halogens is 3. The number of hydrogen-bond donors (Lipinski definition) is 1. The number of fused-ring (bicyclic) bond motifs is 1. The van der Waals surface area contributed by atoms with Crippen molar-refractivity contribution in [1.82, 2.24) is 19.6 Å². The number of aromatic nitrogens is 4. The van der Waals surface area contributed by atoms with Crippen LogP contribution in [0.5, 0.6) is 0 Å². The lowest BCUT2D eigenvalue weighted by Gasteiger charge is -2.28. The van der Waals surface area contributed by atoms with E-state index in [0.717, 1.165) is 54.7 Å². The van der Waals surface area contributed by atoms with Crippen molar-refractivity contribution in [1.29, 1.82) is 0 Å². The number of para-hydroxylation sites is 1. The van der Waals surface area contributed by atoms with Crippen LogP contribution in [-0.2, 0) is 13.2 Å². The van der Waals surface area contributed by atoms with Gasteiger partial charge in [0.25, 0.3) is 0 Å². The van der Waals surface area contributed by atoms with Crippen molar-refractivity contribution in [3.8, 4) is 0 Å². The Morgan fingerprint density at radius 1 is 1.11 bits per heavy atom. The molecule has 5 nitrogen and oxygen atoms in total. The molecule has 1 N–H and O–H groups in total. The zero-order valence-electron chi connectivity index (χ0n) is 14.8. The Hall–Kier alpha value is -2.16.